The molecule has 26 heteroatoms. The Morgan fingerprint density at radius 2 is 1.30 bits per heavy atom. The maximum absolute atomic E-state index is 14.8. The van der Waals surface area contributed by atoms with Crippen molar-refractivity contribution in [3.05, 3.63) is 92.8 Å². The molecule has 0 radical (unpaired) electrons. The lowest BCUT2D eigenvalue weighted by Crippen LogP contribution is -2.36. The lowest BCUT2D eigenvalue weighted by molar-refractivity contribution is -0.758. The Morgan fingerprint density at radius 3 is 1.95 bits per heavy atom. The van der Waals surface area contributed by atoms with Gasteiger partial charge in [0.15, 0.2) is 29.9 Å². The van der Waals surface area contributed by atoms with E-state index in [1.54, 1.807) is 30.3 Å². The number of unbranched alkanes of at least 4 members (excludes halogenated alkanes) is 1. The first-order chi connectivity index (χ1) is 30.6. The summed E-state index contributed by atoms with van der Waals surface area (Å²) in [7, 11) is -3.40. The molecule has 0 aliphatic carbocycles. The monoisotopic (exact) mass is 919 g/mol. The van der Waals surface area contributed by atoms with E-state index in [0.717, 1.165) is 5.56 Å². The van der Waals surface area contributed by atoms with Crippen LogP contribution in [0.15, 0.2) is 71.9 Å². The van der Waals surface area contributed by atoms with E-state index >= 15 is 0 Å². The lowest BCUT2D eigenvalue weighted by atomic mass is 9.87. The molecule has 346 valence electrons. The first kappa shape index (κ1) is 49.3. The van der Waals surface area contributed by atoms with Crippen LogP contribution in [0.25, 0.3) is 11.6 Å². The molecule has 2 aromatic carbocycles. The SMILES string of the molecule is COc1ccccc1Oc1c(OCCOC(=O)OCCOCCO[N+](=O)[O-])nc(-c2ncccn2)nc1N(COC(=O)OCCCCO[N+](=O)[O-])S(=O)(=O)c1ccc(C(C)(C)C)cc1. The van der Waals surface area contributed by atoms with Crippen LogP contribution in [0, 0.1) is 20.2 Å². The van der Waals surface area contributed by atoms with Gasteiger partial charge < -0.3 is 47.6 Å². The molecule has 64 heavy (non-hydrogen) atoms. The van der Waals surface area contributed by atoms with Crippen LogP contribution in [-0.2, 0) is 48.8 Å². The molecular formula is C38H45N7O18S. The van der Waals surface area contributed by atoms with Crippen molar-refractivity contribution in [1.82, 2.24) is 19.9 Å². The van der Waals surface area contributed by atoms with Crippen molar-refractivity contribution in [3.63, 3.8) is 0 Å². The van der Waals surface area contributed by atoms with Gasteiger partial charge in [-0.2, -0.15) is 4.98 Å². The van der Waals surface area contributed by atoms with E-state index in [9.17, 15) is 38.2 Å². The van der Waals surface area contributed by atoms with Crippen LogP contribution < -0.4 is 18.5 Å². The number of aromatic nitrogens is 4. The maximum atomic E-state index is 14.8. The van der Waals surface area contributed by atoms with Gasteiger partial charge in [-0.15, -0.1) is 20.2 Å². The number of carbonyl (C=O) groups excluding carboxylic acids is 2. The standard InChI is InChI=1S/C38H45N7O18S/c1-38(2,3)27-12-14-28(15-13-27)64(52,53)43(26-60-37(47)57-18-7-8-19-61-44(48)49)34-31(63-30-11-6-5-10-29(30)54-4)35(42-33(41-34)32-39-16-9-17-40-32)56-23-24-59-36(46)58-22-20-55-21-25-62-45(50)51/h5-6,9-17H,7-8,18-26H2,1-4H3. The Morgan fingerprint density at radius 1 is 0.703 bits per heavy atom. The molecule has 0 spiro atoms. The Balaban J connectivity index is 1.74. The van der Waals surface area contributed by atoms with Crippen LogP contribution in [0.2, 0.25) is 0 Å². The summed E-state index contributed by atoms with van der Waals surface area (Å²) in [4.78, 5) is 71.3. The predicted molar refractivity (Wildman–Crippen MR) is 217 cm³/mol. The van der Waals surface area contributed by atoms with Crippen molar-refractivity contribution >= 4 is 28.2 Å². The number of anilines is 1. The maximum Gasteiger partial charge on any atom is 0.510 e. The fourth-order valence-electron chi connectivity index (χ4n) is 5.01. The molecule has 0 fully saturated rings. The third-order valence-corrected chi connectivity index (χ3v) is 9.80. The molecule has 0 aliphatic rings. The molecule has 0 atom stereocenters. The van der Waals surface area contributed by atoms with Gasteiger partial charge in [0.2, 0.25) is 11.6 Å². The topological polar surface area (TPSA) is 302 Å². The lowest BCUT2D eigenvalue weighted by Gasteiger charge is -2.26. The summed E-state index contributed by atoms with van der Waals surface area (Å²) in [5.41, 5.74) is 0.457. The van der Waals surface area contributed by atoms with E-state index in [4.69, 9.17) is 37.9 Å². The van der Waals surface area contributed by atoms with E-state index in [2.05, 4.69) is 29.6 Å². The van der Waals surface area contributed by atoms with Crippen LogP contribution in [-0.4, -0.2) is 118 Å². The Kier molecular flexibility index (Phi) is 18.7. The minimum atomic E-state index is -4.77. The zero-order valence-corrected chi connectivity index (χ0v) is 35.8. The van der Waals surface area contributed by atoms with Gasteiger partial charge in [0.1, 0.15) is 26.4 Å². The molecule has 0 amide bonds. The summed E-state index contributed by atoms with van der Waals surface area (Å²) in [6.07, 6.45) is 0.638. The minimum absolute atomic E-state index is 0.0312. The summed E-state index contributed by atoms with van der Waals surface area (Å²) < 4.78 is 73.5. The highest BCUT2D eigenvalue weighted by atomic mass is 32.2. The second-order valence-corrected chi connectivity index (χ2v) is 15.4. The van der Waals surface area contributed by atoms with E-state index in [1.807, 2.05) is 20.8 Å². The minimum Gasteiger partial charge on any atom is -0.493 e. The van der Waals surface area contributed by atoms with Crippen molar-refractivity contribution in [2.75, 3.05) is 71.0 Å². The number of hydrogen-bond acceptors (Lipinski definition) is 22. The molecule has 4 aromatic rings. The largest absolute Gasteiger partial charge is 0.510 e. The van der Waals surface area contributed by atoms with Gasteiger partial charge in [0.05, 0.1) is 38.4 Å². The summed E-state index contributed by atoms with van der Waals surface area (Å²) in [6, 6.07) is 13.8. The Labute approximate surface area is 365 Å². The fraction of sp³-hybridized carbons (Fsp3) is 0.421. The van der Waals surface area contributed by atoms with E-state index in [-0.39, 0.29) is 85.9 Å². The average Bonchev–Trinajstić information content (AvgIpc) is 3.26. The second kappa shape index (κ2) is 24.3. The number of rotatable bonds is 26. The quantitative estimate of drug-likeness (QED) is 0.0260. The highest BCUT2D eigenvalue weighted by Crippen LogP contribution is 2.43. The predicted octanol–water partition coefficient (Wildman–Crippen LogP) is 5.08. The van der Waals surface area contributed by atoms with E-state index in [1.165, 1.54) is 43.8 Å². The van der Waals surface area contributed by atoms with Gasteiger partial charge >= 0.3 is 12.3 Å². The van der Waals surface area contributed by atoms with Gasteiger partial charge in [0.25, 0.3) is 26.1 Å². The molecule has 2 heterocycles. The highest BCUT2D eigenvalue weighted by Gasteiger charge is 2.35. The number of benzene rings is 2. The summed E-state index contributed by atoms with van der Waals surface area (Å²) >= 11 is 0. The van der Waals surface area contributed by atoms with Crippen LogP contribution in [0.5, 0.6) is 23.1 Å². The molecule has 0 saturated carbocycles. The van der Waals surface area contributed by atoms with Crippen LogP contribution in [0.1, 0.15) is 39.2 Å². The molecule has 0 aliphatic heterocycles. The van der Waals surface area contributed by atoms with Crippen LogP contribution in [0.3, 0.4) is 0 Å². The van der Waals surface area contributed by atoms with Crippen LogP contribution in [0.4, 0.5) is 15.4 Å². The molecule has 2 aromatic heterocycles. The fourth-order valence-corrected chi connectivity index (χ4v) is 6.29. The number of ether oxygens (including phenoxy) is 8. The van der Waals surface area contributed by atoms with Crippen molar-refractivity contribution < 1.29 is 75.8 Å². The Hall–Kier alpha value is -7.35. The summed E-state index contributed by atoms with van der Waals surface area (Å²) in [5.74, 6) is -1.60. The van der Waals surface area contributed by atoms with Crippen molar-refractivity contribution in [3.8, 4) is 34.8 Å². The molecule has 25 nitrogen and oxygen atoms in total. The zero-order chi connectivity index (χ0) is 46.5. The van der Waals surface area contributed by atoms with Gasteiger partial charge in [-0.05, 0) is 54.2 Å². The first-order valence-corrected chi connectivity index (χ1v) is 20.5. The highest BCUT2D eigenvalue weighted by molar-refractivity contribution is 7.92. The normalized spacial score (nSPS) is 11.1. The number of hydrogen-bond donors (Lipinski definition) is 0. The molecular weight excluding hydrogens is 875 g/mol. The second-order valence-electron chi connectivity index (χ2n) is 13.6. The van der Waals surface area contributed by atoms with Crippen molar-refractivity contribution in [2.24, 2.45) is 0 Å². The first-order valence-electron chi connectivity index (χ1n) is 19.1. The van der Waals surface area contributed by atoms with Crippen molar-refractivity contribution in [1.29, 1.82) is 0 Å². The number of nitrogens with zero attached hydrogens (tertiary/aromatic N) is 7. The molecule has 0 bridgehead atoms. The summed E-state index contributed by atoms with van der Waals surface area (Å²) in [5, 5.41) is 18.7. The molecule has 0 unspecified atom stereocenters. The van der Waals surface area contributed by atoms with E-state index < -0.39 is 69.9 Å². The smallest absolute Gasteiger partial charge is 0.493 e. The molecule has 0 saturated heterocycles. The van der Waals surface area contributed by atoms with Crippen molar-refractivity contribution in [2.45, 2.75) is 43.9 Å². The third kappa shape index (κ3) is 15.5. The van der Waals surface area contributed by atoms with Gasteiger partial charge in [-0.25, -0.2) is 37.3 Å². The number of carbonyl (C=O) groups is 2. The average molecular weight is 920 g/mol. The van der Waals surface area contributed by atoms with Gasteiger partial charge in [-0.3, -0.25) is 0 Å². The number of sulfonamides is 1. The third-order valence-electron chi connectivity index (χ3n) is 8.08. The van der Waals surface area contributed by atoms with Gasteiger partial charge in [0, 0.05) is 12.4 Å². The summed E-state index contributed by atoms with van der Waals surface area (Å²) in [6.45, 7) is 2.56. The van der Waals surface area contributed by atoms with Gasteiger partial charge in [-0.1, -0.05) is 45.0 Å². The zero-order valence-electron chi connectivity index (χ0n) is 35.0. The Bertz CT molecular complexity index is 2270. The molecule has 4 rings (SSSR count). The van der Waals surface area contributed by atoms with Crippen LogP contribution >= 0.6 is 0 Å². The molecule has 0 N–H and O–H groups in total. The van der Waals surface area contributed by atoms with E-state index in [0.29, 0.717) is 4.31 Å². The number of para-hydroxylation sites is 2. The number of methoxy groups -OCH3 is 1.